The molecule has 1 heterocycles. The maximum atomic E-state index is 5.64. The van der Waals surface area contributed by atoms with E-state index >= 15 is 0 Å². The third-order valence-electron chi connectivity index (χ3n) is 3.24. The van der Waals surface area contributed by atoms with Gasteiger partial charge in [0, 0.05) is 43.6 Å². The van der Waals surface area contributed by atoms with Crippen LogP contribution < -0.4 is 10.6 Å². The van der Waals surface area contributed by atoms with Crippen LogP contribution in [0.3, 0.4) is 0 Å². The summed E-state index contributed by atoms with van der Waals surface area (Å²) in [6.07, 6.45) is 3.98. The number of nitrogens with zero attached hydrogens (tertiary/aromatic N) is 3. The summed E-state index contributed by atoms with van der Waals surface area (Å²) >= 11 is 0. The standard InChI is InChI=1S/C15H22N4/c1-12(2)19(11-14-9-17-18(3)10-14)15-6-4-13(8-16)5-7-15/h4-7,9-10,12H,8,11,16H2,1-3H3. The lowest BCUT2D eigenvalue weighted by molar-refractivity contribution is 0.681. The Morgan fingerprint density at radius 3 is 2.37 bits per heavy atom. The fourth-order valence-electron chi connectivity index (χ4n) is 2.15. The van der Waals surface area contributed by atoms with Gasteiger partial charge in [0.1, 0.15) is 0 Å². The predicted octanol–water partition coefficient (Wildman–Crippen LogP) is 2.29. The van der Waals surface area contributed by atoms with Crippen LogP contribution in [0, 0.1) is 0 Å². The third kappa shape index (κ3) is 3.35. The Labute approximate surface area is 114 Å². The van der Waals surface area contributed by atoms with E-state index in [0.29, 0.717) is 12.6 Å². The fraction of sp³-hybridized carbons (Fsp3) is 0.400. The van der Waals surface area contributed by atoms with Crippen LogP contribution in [0.2, 0.25) is 0 Å². The van der Waals surface area contributed by atoms with Gasteiger partial charge in [-0.1, -0.05) is 12.1 Å². The van der Waals surface area contributed by atoms with Crippen LogP contribution in [0.5, 0.6) is 0 Å². The molecule has 2 aromatic rings. The van der Waals surface area contributed by atoms with E-state index in [9.17, 15) is 0 Å². The number of nitrogens with two attached hydrogens (primary N) is 1. The summed E-state index contributed by atoms with van der Waals surface area (Å²) in [5.74, 6) is 0. The molecule has 1 aromatic carbocycles. The Balaban J connectivity index is 2.19. The second-order valence-corrected chi connectivity index (χ2v) is 5.11. The van der Waals surface area contributed by atoms with Crippen molar-refractivity contribution in [3.63, 3.8) is 0 Å². The maximum Gasteiger partial charge on any atom is 0.0539 e. The molecule has 0 bridgehead atoms. The zero-order valence-electron chi connectivity index (χ0n) is 11.9. The predicted molar refractivity (Wildman–Crippen MR) is 78.9 cm³/mol. The first kappa shape index (κ1) is 13.6. The molecule has 0 fully saturated rings. The lowest BCUT2D eigenvalue weighted by Gasteiger charge is -2.28. The molecule has 0 aliphatic carbocycles. The summed E-state index contributed by atoms with van der Waals surface area (Å²) < 4.78 is 1.84. The highest BCUT2D eigenvalue weighted by Gasteiger charge is 2.12. The van der Waals surface area contributed by atoms with Crippen molar-refractivity contribution >= 4 is 5.69 Å². The van der Waals surface area contributed by atoms with Crippen molar-refractivity contribution in [2.24, 2.45) is 12.8 Å². The molecule has 2 rings (SSSR count). The molecule has 102 valence electrons. The molecule has 0 radical (unpaired) electrons. The van der Waals surface area contributed by atoms with Crippen molar-refractivity contribution in [1.82, 2.24) is 9.78 Å². The number of aryl methyl sites for hydroxylation is 1. The minimum absolute atomic E-state index is 0.434. The van der Waals surface area contributed by atoms with Gasteiger partial charge in [0.25, 0.3) is 0 Å². The molecule has 0 saturated heterocycles. The molecule has 0 spiro atoms. The summed E-state index contributed by atoms with van der Waals surface area (Å²) in [7, 11) is 1.94. The minimum Gasteiger partial charge on any atom is -0.365 e. The Morgan fingerprint density at radius 2 is 1.89 bits per heavy atom. The second-order valence-electron chi connectivity index (χ2n) is 5.11. The lowest BCUT2D eigenvalue weighted by atomic mass is 10.1. The van der Waals surface area contributed by atoms with Crippen LogP contribution in [0.4, 0.5) is 5.69 Å². The van der Waals surface area contributed by atoms with Gasteiger partial charge >= 0.3 is 0 Å². The van der Waals surface area contributed by atoms with Gasteiger partial charge < -0.3 is 10.6 Å². The van der Waals surface area contributed by atoms with Gasteiger partial charge in [0.2, 0.25) is 0 Å². The summed E-state index contributed by atoms with van der Waals surface area (Å²) in [5, 5.41) is 4.22. The van der Waals surface area contributed by atoms with Crippen LogP contribution in [0.1, 0.15) is 25.0 Å². The molecule has 0 aliphatic heterocycles. The summed E-state index contributed by atoms with van der Waals surface area (Å²) in [6, 6.07) is 8.89. The normalized spacial score (nSPS) is 11.0. The highest BCUT2D eigenvalue weighted by molar-refractivity contribution is 5.48. The largest absolute Gasteiger partial charge is 0.365 e. The molecule has 4 nitrogen and oxygen atoms in total. The molecule has 0 atom stereocenters. The molecular formula is C15H22N4. The Morgan fingerprint density at radius 1 is 1.21 bits per heavy atom. The zero-order chi connectivity index (χ0) is 13.8. The summed E-state index contributed by atoms with van der Waals surface area (Å²) in [4.78, 5) is 2.36. The average Bonchev–Trinajstić information content (AvgIpc) is 2.81. The molecule has 4 heteroatoms. The summed E-state index contributed by atoms with van der Waals surface area (Å²) in [6.45, 7) is 5.86. The molecule has 2 N–H and O–H groups in total. The van der Waals surface area contributed by atoms with E-state index in [-0.39, 0.29) is 0 Å². The van der Waals surface area contributed by atoms with E-state index in [1.165, 1.54) is 11.3 Å². The van der Waals surface area contributed by atoms with Crippen LogP contribution in [-0.2, 0) is 20.1 Å². The van der Waals surface area contributed by atoms with Crippen molar-refractivity contribution in [2.45, 2.75) is 33.0 Å². The lowest BCUT2D eigenvalue weighted by Crippen LogP contribution is -2.29. The van der Waals surface area contributed by atoms with E-state index in [1.54, 1.807) is 0 Å². The third-order valence-corrected chi connectivity index (χ3v) is 3.24. The van der Waals surface area contributed by atoms with Crippen molar-refractivity contribution in [3.05, 3.63) is 47.8 Å². The minimum atomic E-state index is 0.434. The number of benzene rings is 1. The van der Waals surface area contributed by atoms with Gasteiger partial charge in [-0.15, -0.1) is 0 Å². The van der Waals surface area contributed by atoms with Gasteiger partial charge in [-0.25, -0.2) is 0 Å². The topological polar surface area (TPSA) is 47.1 Å². The first-order valence-corrected chi connectivity index (χ1v) is 6.63. The average molecular weight is 258 g/mol. The molecule has 0 saturated carbocycles. The van der Waals surface area contributed by atoms with Crippen LogP contribution in [0.15, 0.2) is 36.7 Å². The first-order chi connectivity index (χ1) is 9.10. The van der Waals surface area contributed by atoms with Gasteiger partial charge in [-0.05, 0) is 31.5 Å². The number of hydrogen-bond acceptors (Lipinski definition) is 3. The highest BCUT2D eigenvalue weighted by atomic mass is 15.2. The highest BCUT2D eigenvalue weighted by Crippen LogP contribution is 2.20. The van der Waals surface area contributed by atoms with Crippen LogP contribution in [0.25, 0.3) is 0 Å². The fourth-order valence-corrected chi connectivity index (χ4v) is 2.15. The van der Waals surface area contributed by atoms with E-state index in [4.69, 9.17) is 5.73 Å². The smallest absolute Gasteiger partial charge is 0.0539 e. The van der Waals surface area contributed by atoms with Crippen molar-refractivity contribution in [3.8, 4) is 0 Å². The van der Waals surface area contributed by atoms with Crippen molar-refractivity contribution in [1.29, 1.82) is 0 Å². The number of rotatable bonds is 5. The van der Waals surface area contributed by atoms with Crippen molar-refractivity contribution in [2.75, 3.05) is 4.90 Å². The molecule has 19 heavy (non-hydrogen) atoms. The first-order valence-electron chi connectivity index (χ1n) is 6.63. The van der Waals surface area contributed by atoms with E-state index in [0.717, 1.165) is 12.1 Å². The second kappa shape index (κ2) is 5.89. The number of hydrogen-bond donors (Lipinski definition) is 1. The molecule has 0 unspecified atom stereocenters. The van der Waals surface area contributed by atoms with Gasteiger partial charge in [0.05, 0.1) is 6.20 Å². The SMILES string of the molecule is CC(C)N(Cc1cnn(C)c1)c1ccc(CN)cc1. The van der Waals surface area contributed by atoms with Crippen LogP contribution >= 0.6 is 0 Å². The van der Waals surface area contributed by atoms with Crippen LogP contribution in [-0.4, -0.2) is 15.8 Å². The van der Waals surface area contributed by atoms with Gasteiger partial charge in [-0.2, -0.15) is 5.10 Å². The van der Waals surface area contributed by atoms with Crippen molar-refractivity contribution < 1.29 is 0 Å². The quantitative estimate of drug-likeness (QED) is 0.895. The molecule has 0 aliphatic rings. The van der Waals surface area contributed by atoms with Gasteiger partial charge in [-0.3, -0.25) is 4.68 Å². The van der Waals surface area contributed by atoms with E-state index in [1.807, 2.05) is 17.9 Å². The Kier molecular flexibility index (Phi) is 4.22. The zero-order valence-corrected chi connectivity index (χ0v) is 11.9. The molecule has 0 amide bonds. The number of anilines is 1. The van der Waals surface area contributed by atoms with E-state index < -0.39 is 0 Å². The van der Waals surface area contributed by atoms with E-state index in [2.05, 4.69) is 54.3 Å². The number of aromatic nitrogens is 2. The Bertz CT molecular complexity index is 513. The van der Waals surface area contributed by atoms with Gasteiger partial charge in [0.15, 0.2) is 0 Å². The molecule has 1 aromatic heterocycles. The Hall–Kier alpha value is -1.81. The summed E-state index contributed by atoms with van der Waals surface area (Å²) in [5.41, 5.74) is 9.24. The monoisotopic (exact) mass is 258 g/mol. The molecular weight excluding hydrogens is 236 g/mol. The maximum absolute atomic E-state index is 5.64.